The lowest BCUT2D eigenvalue weighted by Gasteiger charge is -2.49. The number of allylic oxidation sites excluding steroid dienone is 2. The van der Waals surface area contributed by atoms with Gasteiger partial charge in [0, 0.05) is 25.9 Å². The van der Waals surface area contributed by atoms with Crippen LogP contribution in [-0.2, 0) is 33.3 Å². The Morgan fingerprint density at radius 2 is 1.64 bits per heavy atom. The van der Waals surface area contributed by atoms with Gasteiger partial charge in [-0.2, -0.15) is 0 Å². The Balaban J connectivity index is 0.00000240. The Labute approximate surface area is 343 Å². The van der Waals surface area contributed by atoms with E-state index in [1.54, 1.807) is 20.1 Å². The van der Waals surface area contributed by atoms with Crippen LogP contribution in [0.4, 0.5) is 0 Å². The van der Waals surface area contributed by atoms with E-state index in [9.17, 15) is 19.8 Å². The van der Waals surface area contributed by atoms with Crippen molar-refractivity contribution in [2.45, 2.75) is 140 Å². The second-order valence-corrected chi connectivity index (χ2v) is 16.3. The van der Waals surface area contributed by atoms with E-state index in [0.29, 0.717) is 0 Å². The number of hydrogen-bond donors (Lipinski definition) is 5. The number of piperazine rings is 1. The molecule has 5 unspecified atom stereocenters. The molecule has 2 saturated heterocycles. The van der Waals surface area contributed by atoms with E-state index in [0.717, 1.165) is 17.6 Å². The second kappa shape index (κ2) is 21.2. The molecule has 2 fully saturated rings. The van der Waals surface area contributed by atoms with Gasteiger partial charge in [-0.05, 0) is 62.8 Å². The van der Waals surface area contributed by atoms with Crippen LogP contribution in [0.5, 0.6) is 0 Å². The number of carbonyl (C=O) groups excluding carboxylic acids is 2. The van der Waals surface area contributed by atoms with Crippen LogP contribution >= 0.6 is 0 Å². The molecule has 5 N–H and O–H groups in total. The van der Waals surface area contributed by atoms with Crippen LogP contribution in [0.2, 0.25) is 0 Å². The molecule has 0 saturated carbocycles. The van der Waals surface area contributed by atoms with Gasteiger partial charge in [-0.15, -0.1) is 0 Å². The van der Waals surface area contributed by atoms with Gasteiger partial charge in [0.2, 0.25) is 0 Å². The van der Waals surface area contributed by atoms with Crippen molar-refractivity contribution in [2.24, 2.45) is 11.8 Å². The van der Waals surface area contributed by atoms with Crippen LogP contribution in [0.15, 0.2) is 96.6 Å². The molecule has 13 atom stereocenters. The third-order valence-electron chi connectivity index (χ3n) is 11.7. The summed E-state index contributed by atoms with van der Waals surface area (Å²) < 4.78 is 23.9. The minimum absolute atomic E-state index is 0.0223. The van der Waals surface area contributed by atoms with Crippen molar-refractivity contribution in [3.8, 4) is 0 Å². The number of ether oxygens (including phenoxy) is 4. The molecule has 0 bridgehead atoms. The van der Waals surface area contributed by atoms with Gasteiger partial charge in [-0.1, -0.05) is 106 Å². The molecule has 12 nitrogen and oxygen atoms in total. The number of esters is 2. The van der Waals surface area contributed by atoms with Crippen LogP contribution in [0.25, 0.3) is 0 Å². The third-order valence-corrected chi connectivity index (χ3v) is 11.7. The number of methoxy groups -OCH3 is 1. The fourth-order valence-corrected chi connectivity index (χ4v) is 8.36. The van der Waals surface area contributed by atoms with E-state index in [1.807, 2.05) is 44.2 Å². The number of rotatable bonds is 11. The Kier molecular flexibility index (Phi) is 17.0. The molecule has 2 aromatic rings. The summed E-state index contributed by atoms with van der Waals surface area (Å²) in [5, 5.41) is 36.9. The number of nitrogens with one attached hydrogen (secondary N) is 2. The van der Waals surface area contributed by atoms with Crippen LogP contribution in [0.1, 0.15) is 97.4 Å². The molecule has 3 heterocycles. The highest BCUT2D eigenvalue weighted by Gasteiger charge is 2.57. The van der Waals surface area contributed by atoms with Crippen LogP contribution in [0.3, 0.4) is 0 Å². The van der Waals surface area contributed by atoms with Crippen LogP contribution in [-0.4, -0.2) is 94.6 Å². The first-order valence-corrected chi connectivity index (χ1v) is 20.3. The first kappa shape index (κ1) is 46.5. The summed E-state index contributed by atoms with van der Waals surface area (Å²) in [4.78, 5) is 33.4. The molecule has 0 radical (unpaired) electrons. The predicted octanol–water partition coefficient (Wildman–Crippen LogP) is 6.15. The lowest BCUT2D eigenvalue weighted by molar-refractivity contribution is -0.157. The summed E-state index contributed by atoms with van der Waals surface area (Å²) in [6, 6.07) is 20.8. The highest BCUT2D eigenvalue weighted by Crippen LogP contribution is 2.44. The standard InChI is InChI=1S/C45H62N2O8.CH2O2/c1-9-35(52-8)30(4)41-42(55-41)43-44(6,47-39(33-20-14-11-15-21-33)38(46-43)32-18-12-10-13-19-32)25-16-17-28(2)40-29(3)22-23-36(53-31(5)48)45(7,51)26-24-34(49)27-37(50)54-40;2-1-3/h10-23,25,29-30,34-36,38-43,46-47,49,51H,9,24,26-27H2,1-8H3;1H,(H,2,3)/b23-22+,25-16+,28-17+;/t29-,30+,34+,35-,36-,38?,39?,40?,41+,42-,43?,44?,45+;/m0./s1. The van der Waals surface area contributed by atoms with Gasteiger partial charge in [0.25, 0.3) is 6.47 Å². The predicted molar refractivity (Wildman–Crippen MR) is 222 cm³/mol. The summed E-state index contributed by atoms with van der Waals surface area (Å²) in [5.41, 5.74) is 1.10. The third kappa shape index (κ3) is 12.2. The Bertz CT molecular complexity index is 1710. The van der Waals surface area contributed by atoms with Crippen molar-refractivity contribution >= 4 is 18.4 Å². The summed E-state index contributed by atoms with van der Waals surface area (Å²) >= 11 is 0. The number of carboxylic acid groups (broad SMARTS) is 1. The SMILES string of the molecule is CC[C@H](OC)[C@@H](C)[C@H]1O[C@@H]1C1NC(c2ccccc2)C(c2ccccc2)NC1(C)/C=C/C=C(\C)C1OC(=O)C[C@H](O)CC[C@@](C)(O)[C@@H](OC(C)=O)/C=C/[C@@H]1C.O=CO. The van der Waals surface area contributed by atoms with E-state index in [-0.39, 0.29) is 74.0 Å². The zero-order valence-electron chi connectivity index (χ0n) is 35.1. The Morgan fingerprint density at radius 3 is 2.21 bits per heavy atom. The van der Waals surface area contributed by atoms with Gasteiger partial charge in [0.1, 0.15) is 23.9 Å². The second-order valence-electron chi connectivity index (χ2n) is 16.3. The van der Waals surface area contributed by atoms with Crippen LogP contribution in [0, 0.1) is 11.8 Å². The molecule has 12 heteroatoms. The van der Waals surface area contributed by atoms with Gasteiger partial charge >= 0.3 is 11.9 Å². The summed E-state index contributed by atoms with van der Waals surface area (Å²) in [7, 11) is 1.76. The lowest BCUT2D eigenvalue weighted by atomic mass is 9.78. The van der Waals surface area contributed by atoms with Crippen LogP contribution < -0.4 is 10.6 Å². The maximum absolute atomic E-state index is 13.1. The summed E-state index contributed by atoms with van der Waals surface area (Å²) in [5.74, 6) is -1.20. The molecule has 58 heavy (non-hydrogen) atoms. The van der Waals surface area contributed by atoms with Gasteiger partial charge < -0.3 is 39.6 Å². The molecule has 5 rings (SSSR count). The molecule has 3 aliphatic heterocycles. The zero-order chi connectivity index (χ0) is 42.6. The van der Waals surface area contributed by atoms with E-state index >= 15 is 0 Å². The van der Waals surface area contributed by atoms with Crippen molar-refractivity contribution in [3.05, 3.63) is 108 Å². The molecule has 0 amide bonds. The van der Waals surface area contributed by atoms with Crippen molar-refractivity contribution in [3.63, 3.8) is 0 Å². The van der Waals surface area contributed by atoms with Crippen molar-refractivity contribution in [2.75, 3.05) is 7.11 Å². The van der Waals surface area contributed by atoms with Gasteiger partial charge in [0.15, 0.2) is 0 Å². The van der Waals surface area contributed by atoms with E-state index in [2.05, 4.69) is 86.0 Å². The Hall–Kier alpha value is -4.17. The van der Waals surface area contributed by atoms with Crippen molar-refractivity contribution in [1.82, 2.24) is 10.6 Å². The van der Waals surface area contributed by atoms with Gasteiger partial charge in [-0.3, -0.25) is 19.7 Å². The molecular weight excluding hydrogens is 741 g/mol. The number of carbonyl (C=O) groups is 3. The highest BCUT2D eigenvalue weighted by atomic mass is 16.6. The molecule has 3 aliphatic rings. The largest absolute Gasteiger partial charge is 0.483 e. The van der Waals surface area contributed by atoms with E-state index < -0.39 is 41.4 Å². The number of hydrogen-bond acceptors (Lipinski definition) is 11. The summed E-state index contributed by atoms with van der Waals surface area (Å²) in [6.45, 7) is 13.0. The van der Waals surface area contributed by atoms with Crippen molar-refractivity contribution in [1.29, 1.82) is 0 Å². The normalized spacial score (nSPS) is 34.8. The summed E-state index contributed by atoms with van der Waals surface area (Å²) in [6.07, 6.45) is 7.94. The monoisotopic (exact) mass is 804 g/mol. The number of cyclic esters (lactones) is 1. The molecular formula is C46H64N2O10. The van der Waals surface area contributed by atoms with E-state index in [4.69, 9.17) is 28.8 Å². The zero-order valence-corrected chi connectivity index (χ0v) is 35.1. The number of aliphatic hydroxyl groups excluding tert-OH is 1. The number of aliphatic hydroxyl groups is 2. The molecule has 0 aromatic heterocycles. The maximum atomic E-state index is 13.1. The molecule has 0 spiro atoms. The number of benzene rings is 2. The smallest absolute Gasteiger partial charge is 0.309 e. The van der Waals surface area contributed by atoms with Gasteiger partial charge in [0.05, 0.1) is 48.4 Å². The first-order valence-electron chi connectivity index (χ1n) is 20.3. The highest BCUT2D eigenvalue weighted by molar-refractivity contribution is 5.70. The maximum Gasteiger partial charge on any atom is 0.309 e. The average molecular weight is 805 g/mol. The fourth-order valence-electron chi connectivity index (χ4n) is 8.36. The number of epoxide rings is 1. The van der Waals surface area contributed by atoms with Gasteiger partial charge in [-0.25, -0.2) is 0 Å². The molecule has 0 aliphatic carbocycles. The Morgan fingerprint density at radius 1 is 1.03 bits per heavy atom. The molecule has 318 valence electrons. The quantitative estimate of drug-likeness (QED) is 0.0577. The topological polar surface area (TPSA) is 176 Å². The van der Waals surface area contributed by atoms with Crippen molar-refractivity contribution < 1.29 is 48.7 Å². The lowest BCUT2D eigenvalue weighted by Crippen LogP contribution is -2.67. The van der Waals surface area contributed by atoms with E-state index in [1.165, 1.54) is 12.5 Å². The first-order chi connectivity index (χ1) is 27.6. The average Bonchev–Trinajstić information content (AvgIpc) is 3.99. The minimum atomic E-state index is -1.44. The minimum Gasteiger partial charge on any atom is -0.483 e. The molecule has 2 aromatic carbocycles. The fraction of sp³-hybridized carbons (Fsp3) is 0.543.